The molecule has 8 aromatic heterocycles. The van der Waals surface area contributed by atoms with Crippen molar-refractivity contribution in [3.05, 3.63) is 103 Å². The normalized spacial score (nSPS) is 13.0. The first-order valence-corrected chi connectivity index (χ1v) is 31.3. The molecule has 11 rings (SSSR count). The van der Waals surface area contributed by atoms with E-state index >= 15 is 0 Å². The molecule has 4 N–H and O–H groups in total. The van der Waals surface area contributed by atoms with E-state index < -0.39 is 0 Å². The number of aromatic nitrogens is 10. The summed E-state index contributed by atoms with van der Waals surface area (Å²) in [6.07, 6.45) is 22.8. The van der Waals surface area contributed by atoms with E-state index in [-0.39, 0.29) is 62.0 Å². The minimum atomic E-state index is 0. The molecule has 3 aliphatic rings. The van der Waals surface area contributed by atoms with Crippen molar-refractivity contribution in [1.82, 2.24) is 60.3 Å². The van der Waals surface area contributed by atoms with Gasteiger partial charge in [-0.3, -0.25) is 9.55 Å². The maximum atomic E-state index is 5.12. The Labute approximate surface area is 539 Å². The van der Waals surface area contributed by atoms with Crippen LogP contribution >= 0.6 is 207 Å². The molecule has 68 heavy (non-hydrogen) atoms. The summed E-state index contributed by atoms with van der Waals surface area (Å²) in [5, 5.41) is 18.0. The van der Waals surface area contributed by atoms with Gasteiger partial charge in [-0.15, -0.1) is 55.5 Å². The van der Waals surface area contributed by atoms with E-state index in [1.165, 1.54) is 56.5 Å². The van der Waals surface area contributed by atoms with Crippen LogP contribution in [-0.2, 0) is 4.74 Å². The molecule has 0 radical (unpaired) electrons. The summed E-state index contributed by atoms with van der Waals surface area (Å²) in [6, 6.07) is 0. The second-order valence-electron chi connectivity index (χ2n) is 11.9. The number of piperidine rings is 1. The van der Waals surface area contributed by atoms with Crippen LogP contribution in [0.3, 0.4) is 0 Å². The average Bonchev–Trinajstić information content (AvgIpc) is 4.17. The van der Waals surface area contributed by atoms with Gasteiger partial charge < -0.3 is 28.9 Å². The van der Waals surface area contributed by atoms with Gasteiger partial charge in [0.05, 0.1) is 55.4 Å². The van der Waals surface area contributed by atoms with E-state index in [2.05, 4.69) is 188 Å². The van der Waals surface area contributed by atoms with Gasteiger partial charge in [-0.2, -0.15) is 0 Å². The van der Waals surface area contributed by atoms with Crippen molar-refractivity contribution in [1.29, 1.82) is 0 Å². The van der Waals surface area contributed by atoms with Crippen molar-refractivity contribution in [3.63, 3.8) is 0 Å². The molecule has 0 aromatic carbocycles. The zero-order valence-corrected chi connectivity index (χ0v) is 58.8. The van der Waals surface area contributed by atoms with Crippen molar-refractivity contribution in [3.8, 4) is 5.13 Å². The Hall–Kier alpha value is 1.87. The number of rotatable bonds is 2. The number of nitrogens with two attached hydrogens (primary N) is 1. The molecule has 8 aromatic rings. The zero-order valence-electron chi connectivity index (χ0n) is 38.4. The quantitative estimate of drug-likeness (QED) is 0.140. The molecule has 3 saturated heterocycles. The number of piperazine rings is 1. The van der Waals surface area contributed by atoms with Crippen LogP contribution in [0, 0.1) is 0 Å². The summed E-state index contributed by atoms with van der Waals surface area (Å²) >= 11 is 37.1. The predicted molar refractivity (Wildman–Crippen MR) is 310 cm³/mol. The minimum Gasteiger partial charge on any atom is -1.00 e. The van der Waals surface area contributed by atoms with E-state index in [0.29, 0.717) is 5.13 Å². The zero-order chi connectivity index (χ0) is 47.6. The number of nitrogens with one attached hydrogen (secondary N) is 2. The summed E-state index contributed by atoms with van der Waals surface area (Å²) in [4.78, 5) is 30.1. The molecule has 0 amide bonds. The van der Waals surface area contributed by atoms with Gasteiger partial charge in [0.15, 0.2) is 22.0 Å². The third-order valence-corrected chi connectivity index (χ3v) is 17.1. The van der Waals surface area contributed by atoms with Crippen LogP contribution in [0.2, 0.25) is 0 Å². The number of hydrogen-bond donors (Lipinski definition) is 3. The Morgan fingerprint density at radius 3 is 1.32 bits per heavy atom. The van der Waals surface area contributed by atoms with Crippen LogP contribution in [-0.4, -0.2) is 102 Å². The molecule has 0 unspecified atom stereocenters. The number of anilines is 2. The summed E-state index contributed by atoms with van der Waals surface area (Å²) in [7, 11) is 0. The molecule has 0 saturated carbocycles. The van der Waals surface area contributed by atoms with Crippen molar-refractivity contribution < 1.29 is 66.7 Å². The van der Waals surface area contributed by atoms with Crippen molar-refractivity contribution in [2.24, 2.45) is 0 Å². The fourth-order valence-electron chi connectivity index (χ4n) is 4.36. The molecular weight excluding hydrogens is 1550 g/mol. The molecule has 3 aliphatic heterocycles. The standard InChI is InChI=1S/C7H10BrN3S.C6H4BrN3S.C5H11N.C4H8O.3C3HBr2NS.C3H3NS.C2H3N3S.2Na.2H/c8-6-5-10-7(12-6)11-3-1-9-2-4-11;7-5-3-9-6(11-5)10-2-1-8-4-10;1-2-4-6-5-3-1;1-2-4-5-3-1;3*4-2-1-6-3(5)7-2;1-2-5-3-4-1;3-2-5-4-1-6-2;;;;/h5,9H,1-4H2;1-4H;6H,1-5H2;1-4H2;3*1H;1-3H;1H,(H2,3,5);;;;/q;;;;;;;;;2*+1;2*-1. The maximum Gasteiger partial charge on any atom is 1.00 e. The fraction of sp³-hybridized carbons (Fsp3) is 0.361. The number of imidazole rings is 1. The minimum absolute atomic E-state index is 0. The van der Waals surface area contributed by atoms with Gasteiger partial charge in [0.2, 0.25) is 5.13 Å². The summed E-state index contributed by atoms with van der Waals surface area (Å²) < 4.78 is 14.9. The molecule has 0 spiro atoms. The topological polar surface area (TPSA) is 183 Å². The monoisotopic (exact) mass is 1590 g/mol. The largest absolute Gasteiger partial charge is 1.00 e. The Balaban J connectivity index is 0. The summed E-state index contributed by atoms with van der Waals surface area (Å²) in [5.74, 6) is 0. The first kappa shape index (κ1) is 67.9. The van der Waals surface area contributed by atoms with Crippen molar-refractivity contribution >= 4 is 217 Å². The number of nitrogen functional groups attached to an aromatic ring is 1. The summed E-state index contributed by atoms with van der Waals surface area (Å²) in [6.45, 7) is 8.77. The number of halogens is 8. The van der Waals surface area contributed by atoms with Crippen LogP contribution in [0.15, 0.2) is 103 Å². The Morgan fingerprint density at radius 1 is 0.574 bits per heavy atom. The molecule has 0 atom stereocenters. The van der Waals surface area contributed by atoms with Gasteiger partial charge in [0.1, 0.15) is 11.8 Å². The summed E-state index contributed by atoms with van der Waals surface area (Å²) in [5.41, 5.74) is 8.51. The first-order chi connectivity index (χ1) is 32.0. The fourth-order valence-corrected chi connectivity index (χ4v) is 14.0. The van der Waals surface area contributed by atoms with E-state index in [9.17, 15) is 0 Å². The van der Waals surface area contributed by atoms with Gasteiger partial charge in [0, 0.05) is 63.4 Å². The van der Waals surface area contributed by atoms with Crippen LogP contribution < -0.4 is 80.4 Å². The Bertz CT molecular complexity index is 2150. The van der Waals surface area contributed by atoms with Crippen LogP contribution in [0.25, 0.3) is 5.13 Å². The van der Waals surface area contributed by atoms with Crippen molar-refractivity contribution in [2.75, 3.05) is 63.1 Å². The van der Waals surface area contributed by atoms with Gasteiger partial charge >= 0.3 is 59.1 Å². The number of thiazole rings is 6. The van der Waals surface area contributed by atoms with Gasteiger partial charge in [-0.1, -0.05) is 40.4 Å². The van der Waals surface area contributed by atoms with Crippen LogP contribution in [0.4, 0.5) is 10.3 Å². The molecular formula is C36H44Br8N14Na2OS7. The Morgan fingerprint density at radius 2 is 1.07 bits per heavy atom. The van der Waals surface area contributed by atoms with Gasteiger partial charge in [-0.05, 0) is 166 Å². The van der Waals surface area contributed by atoms with Gasteiger partial charge in [-0.25, -0.2) is 29.9 Å². The molecule has 0 aliphatic carbocycles. The van der Waals surface area contributed by atoms with E-state index in [1.807, 2.05) is 22.3 Å². The first-order valence-electron chi connectivity index (χ1n) is 19.1. The molecule has 11 heterocycles. The van der Waals surface area contributed by atoms with Crippen molar-refractivity contribution in [2.45, 2.75) is 32.1 Å². The predicted octanol–water partition coefficient (Wildman–Crippen LogP) is 8.46. The maximum absolute atomic E-state index is 5.12. The third-order valence-electron chi connectivity index (χ3n) is 7.15. The molecule has 364 valence electrons. The van der Waals surface area contributed by atoms with Gasteiger partial charge in [0.25, 0.3) is 0 Å². The average molecular weight is 1600 g/mol. The number of nitrogens with zero attached hydrogens (tertiary/aromatic N) is 11. The smallest absolute Gasteiger partial charge is 1.00 e. The van der Waals surface area contributed by atoms with E-state index in [1.54, 1.807) is 123 Å². The number of ether oxygens (including phenoxy) is 1. The van der Waals surface area contributed by atoms with E-state index in [0.717, 1.165) is 80.3 Å². The van der Waals surface area contributed by atoms with Crippen LogP contribution in [0.1, 0.15) is 35.0 Å². The van der Waals surface area contributed by atoms with E-state index in [4.69, 9.17) is 10.5 Å². The van der Waals surface area contributed by atoms with Crippen LogP contribution in [0.5, 0.6) is 0 Å². The molecule has 3 fully saturated rings. The Kier molecular flexibility index (Phi) is 44.0. The second kappa shape index (κ2) is 44.0. The SMILES string of the molecule is Brc1cnc(-n2ccnc2)s1.Brc1cnc(Br)s1.Brc1cnc(Br)s1.Brc1cnc(Br)s1.Brc1cnc(N2CCNCC2)s1.C1CCNCC1.C1CCOC1.Nc1nncs1.[H-].[H-].[Na+].[Na+].c1cscn1. The molecule has 0 bridgehead atoms. The second-order valence-corrected chi connectivity index (χ2v) is 29.4. The number of hydrogen-bond acceptors (Lipinski definition) is 21. The third kappa shape index (κ3) is 35.2. The molecule has 32 heteroatoms. The molecule has 15 nitrogen and oxygen atoms in total.